The lowest BCUT2D eigenvalue weighted by Crippen LogP contribution is -2.26. The molecule has 0 aromatic carbocycles. The molecule has 0 aliphatic rings. The first kappa shape index (κ1) is 22.9. The first-order valence-corrected chi connectivity index (χ1v) is 9.59. The smallest absolute Gasteiger partial charge is 0.254 e. The maximum absolute atomic E-state index is 13.2. The molecule has 0 fully saturated rings. The van der Waals surface area contributed by atoms with E-state index in [0.717, 1.165) is 5.56 Å². The maximum Gasteiger partial charge on any atom is 0.254 e. The van der Waals surface area contributed by atoms with Crippen molar-refractivity contribution in [2.45, 2.75) is 79.3 Å². The minimum Gasteiger partial charge on any atom is -0.313 e. The van der Waals surface area contributed by atoms with Gasteiger partial charge in [0.05, 0.1) is 0 Å². The molecule has 0 aliphatic heterocycles. The summed E-state index contributed by atoms with van der Waals surface area (Å²) < 4.78 is 16.4. The monoisotopic (exact) mass is 376 g/mol. The lowest BCUT2D eigenvalue weighted by Gasteiger charge is -2.13. The van der Waals surface area contributed by atoms with Crippen molar-refractivity contribution in [2.24, 2.45) is 0 Å². The second-order valence-electron chi connectivity index (χ2n) is 8.00. The molecule has 0 bridgehead atoms. The van der Waals surface area contributed by atoms with E-state index in [9.17, 15) is 14.0 Å². The molecule has 0 saturated heterocycles. The van der Waals surface area contributed by atoms with Crippen LogP contribution in [0.3, 0.4) is 0 Å². The van der Waals surface area contributed by atoms with Crippen LogP contribution in [0.25, 0.3) is 0 Å². The third-order valence-electron chi connectivity index (χ3n) is 4.40. The molecule has 2 rings (SSSR count). The molecular weight excluding hydrogens is 343 g/mol. The molecule has 0 aliphatic carbocycles. The van der Waals surface area contributed by atoms with E-state index in [4.69, 9.17) is 0 Å². The van der Waals surface area contributed by atoms with Crippen molar-refractivity contribution >= 4 is 0 Å². The van der Waals surface area contributed by atoms with Crippen molar-refractivity contribution in [3.8, 4) is 0 Å². The van der Waals surface area contributed by atoms with Gasteiger partial charge in [-0.05, 0) is 51.7 Å². The number of hydrogen-bond donors (Lipinski definition) is 0. The minimum absolute atomic E-state index is 0.00398. The topological polar surface area (TPSA) is 44.0 Å². The number of aromatic nitrogens is 2. The summed E-state index contributed by atoms with van der Waals surface area (Å²) in [5, 5.41) is 0. The molecule has 2 heterocycles. The second kappa shape index (κ2) is 9.67. The van der Waals surface area contributed by atoms with Crippen LogP contribution >= 0.6 is 0 Å². The molecule has 4 nitrogen and oxygen atoms in total. The van der Waals surface area contributed by atoms with Crippen LogP contribution in [0.5, 0.6) is 0 Å². The Balaban J connectivity index is 0.000000271. The highest BCUT2D eigenvalue weighted by atomic mass is 19.1. The van der Waals surface area contributed by atoms with Gasteiger partial charge in [-0.3, -0.25) is 9.59 Å². The van der Waals surface area contributed by atoms with Gasteiger partial charge in [-0.25, -0.2) is 4.39 Å². The zero-order valence-corrected chi connectivity index (χ0v) is 17.8. The van der Waals surface area contributed by atoms with Gasteiger partial charge in [0.25, 0.3) is 11.1 Å². The summed E-state index contributed by atoms with van der Waals surface area (Å²) in [5.41, 5.74) is 1.50. The Morgan fingerprint density at radius 2 is 1.26 bits per heavy atom. The molecule has 0 atom stereocenters. The lowest BCUT2D eigenvalue weighted by molar-refractivity contribution is 0.527. The van der Waals surface area contributed by atoms with Gasteiger partial charge in [0.2, 0.25) is 0 Å². The SMILES string of the molecule is CC(C)c1cc(F)cn(C(C)C)c1=O.CC(C)c1cccn(C(C)C)c1=O. The van der Waals surface area contributed by atoms with Crippen molar-refractivity contribution in [1.82, 2.24) is 9.13 Å². The Hall–Kier alpha value is -2.17. The van der Waals surface area contributed by atoms with E-state index in [2.05, 4.69) is 0 Å². The van der Waals surface area contributed by atoms with Gasteiger partial charge in [0.15, 0.2) is 0 Å². The molecule has 5 heteroatoms. The van der Waals surface area contributed by atoms with Crippen LogP contribution in [0, 0.1) is 5.82 Å². The maximum atomic E-state index is 13.2. The number of nitrogens with zero attached hydrogens (tertiary/aromatic N) is 2. The Morgan fingerprint density at radius 1 is 0.778 bits per heavy atom. The van der Waals surface area contributed by atoms with Crippen LogP contribution in [0.4, 0.5) is 4.39 Å². The molecule has 2 aromatic rings. The van der Waals surface area contributed by atoms with Crippen molar-refractivity contribution in [3.63, 3.8) is 0 Å². The number of halogens is 1. The Labute approximate surface area is 161 Å². The third-order valence-corrected chi connectivity index (χ3v) is 4.40. The van der Waals surface area contributed by atoms with Gasteiger partial charge in [-0.15, -0.1) is 0 Å². The standard InChI is InChI=1S/C11H16FNO.C11H17NO/c1-7(2)10-5-9(12)6-13(8(3)4)11(10)14;1-8(2)10-6-5-7-12(9(3)4)11(10)13/h5-8H,1-4H3;5-9H,1-4H3. The van der Waals surface area contributed by atoms with Crippen LogP contribution in [-0.2, 0) is 0 Å². The fourth-order valence-electron chi connectivity index (χ4n) is 2.76. The predicted octanol–water partition coefficient (Wildman–Crippen LogP) is 5.24. The van der Waals surface area contributed by atoms with E-state index < -0.39 is 0 Å². The average Bonchev–Trinajstić information content (AvgIpc) is 2.56. The van der Waals surface area contributed by atoms with E-state index in [0.29, 0.717) is 11.5 Å². The van der Waals surface area contributed by atoms with Crippen LogP contribution in [-0.4, -0.2) is 9.13 Å². The Morgan fingerprint density at radius 3 is 1.70 bits per heavy atom. The fourth-order valence-corrected chi connectivity index (χ4v) is 2.76. The van der Waals surface area contributed by atoms with E-state index in [1.165, 1.54) is 16.8 Å². The van der Waals surface area contributed by atoms with E-state index >= 15 is 0 Å². The highest BCUT2D eigenvalue weighted by Gasteiger charge is 2.11. The molecule has 0 saturated carbocycles. The normalized spacial score (nSPS) is 11.3. The molecule has 150 valence electrons. The van der Waals surface area contributed by atoms with Gasteiger partial charge in [0, 0.05) is 35.6 Å². The molecule has 0 radical (unpaired) electrons. The van der Waals surface area contributed by atoms with E-state index in [1.807, 2.05) is 73.7 Å². The molecule has 0 unspecified atom stereocenters. The van der Waals surface area contributed by atoms with E-state index in [1.54, 1.807) is 4.57 Å². The molecule has 0 amide bonds. The largest absolute Gasteiger partial charge is 0.313 e. The third kappa shape index (κ3) is 5.91. The number of pyridine rings is 2. The number of rotatable bonds is 4. The summed E-state index contributed by atoms with van der Waals surface area (Å²) in [6, 6.07) is 5.41. The summed E-state index contributed by atoms with van der Waals surface area (Å²) >= 11 is 0. The summed E-state index contributed by atoms with van der Waals surface area (Å²) in [6.45, 7) is 15.6. The highest BCUT2D eigenvalue weighted by molar-refractivity contribution is 5.16. The van der Waals surface area contributed by atoms with Crippen molar-refractivity contribution < 1.29 is 4.39 Å². The lowest BCUT2D eigenvalue weighted by atomic mass is 10.1. The summed E-state index contributed by atoms with van der Waals surface area (Å²) in [4.78, 5) is 23.6. The molecular formula is C22H33FN2O2. The van der Waals surface area contributed by atoms with Crippen LogP contribution < -0.4 is 11.1 Å². The predicted molar refractivity (Wildman–Crippen MR) is 110 cm³/mol. The molecule has 2 aromatic heterocycles. The van der Waals surface area contributed by atoms with Gasteiger partial charge < -0.3 is 9.13 Å². The summed E-state index contributed by atoms with van der Waals surface area (Å²) in [7, 11) is 0. The average molecular weight is 377 g/mol. The molecule has 0 spiro atoms. The van der Waals surface area contributed by atoms with Gasteiger partial charge >= 0.3 is 0 Å². The zero-order chi connectivity index (χ0) is 20.9. The Bertz CT molecular complexity index is 800. The van der Waals surface area contributed by atoms with Crippen LogP contribution in [0.2, 0.25) is 0 Å². The second-order valence-corrected chi connectivity index (χ2v) is 8.00. The first-order valence-electron chi connectivity index (χ1n) is 9.59. The summed E-state index contributed by atoms with van der Waals surface area (Å²) in [6.07, 6.45) is 3.11. The first-order chi connectivity index (χ1) is 12.5. The van der Waals surface area contributed by atoms with Crippen molar-refractivity contribution in [1.29, 1.82) is 0 Å². The fraction of sp³-hybridized carbons (Fsp3) is 0.545. The quantitative estimate of drug-likeness (QED) is 0.732. The van der Waals surface area contributed by atoms with Crippen LogP contribution in [0.1, 0.15) is 90.4 Å². The highest BCUT2D eigenvalue weighted by Crippen LogP contribution is 2.12. The van der Waals surface area contributed by atoms with Crippen molar-refractivity contribution in [2.75, 3.05) is 0 Å². The zero-order valence-electron chi connectivity index (χ0n) is 17.8. The van der Waals surface area contributed by atoms with Gasteiger partial charge in [0.1, 0.15) is 5.82 Å². The van der Waals surface area contributed by atoms with E-state index in [-0.39, 0.29) is 34.9 Å². The Kier molecular flexibility index (Phi) is 8.20. The van der Waals surface area contributed by atoms with Gasteiger partial charge in [-0.1, -0.05) is 33.8 Å². The van der Waals surface area contributed by atoms with Gasteiger partial charge in [-0.2, -0.15) is 0 Å². The summed E-state index contributed by atoms with van der Waals surface area (Å²) in [5.74, 6) is 0.0175. The van der Waals surface area contributed by atoms with Crippen LogP contribution in [0.15, 0.2) is 40.2 Å². The number of hydrogen-bond acceptors (Lipinski definition) is 2. The van der Waals surface area contributed by atoms with Crippen molar-refractivity contribution in [3.05, 3.63) is 68.2 Å². The minimum atomic E-state index is -0.345. The molecule has 0 N–H and O–H groups in total. The molecule has 27 heavy (non-hydrogen) atoms.